The average Bonchev–Trinajstić information content (AvgIpc) is 3.19. The Morgan fingerprint density at radius 2 is 1.77 bits per heavy atom. The highest BCUT2D eigenvalue weighted by molar-refractivity contribution is 6.31. The molecule has 0 radical (unpaired) electrons. The molecule has 0 spiro atoms. The molecular weight excluding hydrogens is 425 g/mol. The summed E-state index contributed by atoms with van der Waals surface area (Å²) in [6.07, 6.45) is -0.691. The highest BCUT2D eigenvalue weighted by Crippen LogP contribution is 2.45. The Morgan fingerprint density at radius 3 is 2.57 bits per heavy atom. The number of ether oxygens (including phenoxy) is 3. The van der Waals surface area contributed by atoms with Crippen molar-refractivity contribution in [3.63, 3.8) is 0 Å². The molecule has 0 N–H and O–H groups in total. The number of hydrogen-bond donors (Lipinski definition) is 0. The van der Waals surface area contributed by atoms with Crippen molar-refractivity contribution in [2.24, 2.45) is 0 Å². The summed E-state index contributed by atoms with van der Waals surface area (Å²) in [5, 5.41) is 1.18. The van der Waals surface area contributed by atoms with Crippen LogP contribution in [-0.4, -0.2) is 18.8 Å². The fourth-order valence-electron chi connectivity index (χ4n) is 3.79. The predicted molar refractivity (Wildman–Crippen MR) is 115 cm³/mol. The van der Waals surface area contributed by atoms with Crippen molar-refractivity contribution in [3.05, 3.63) is 81.8 Å². The molecule has 0 aliphatic carbocycles. The van der Waals surface area contributed by atoms with Gasteiger partial charge >= 0.3 is 0 Å². The summed E-state index contributed by atoms with van der Waals surface area (Å²) < 4.78 is 17.1. The molecule has 5 nitrogen and oxygen atoms in total. The summed E-state index contributed by atoms with van der Waals surface area (Å²) in [7, 11) is 0. The van der Waals surface area contributed by atoms with E-state index in [1.165, 1.54) is 0 Å². The van der Waals surface area contributed by atoms with Crippen LogP contribution in [0.5, 0.6) is 17.2 Å². The van der Waals surface area contributed by atoms with Crippen LogP contribution in [0.2, 0.25) is 10.0 Å². The van der Waals surface area contributed by atoms with E-state index in [0.717, 1.165) is 11.1 Å². The minimum atomic E-state index is -0.691. The largest absolute Gasteiger partial charge is 0.478 e. The van der Waals surface area contributed by atoms with Gasteiger partial charge < -0.3 is 14.2 Å². The van der Waals surface area contributed by atoms with Crippen LogP contribution in [0.25, 0.3) is 0 Å². The second kappa shape index (κ2) is 7.42. The van der Waals surface area contributed by atoms with Gasteiger partial charge in [0, 0.05) is 15.7 Å². The van der Waals surface area contributed by atoms with E-state index in [0.29, 0.717) is 33.0 Å². The summed E-state index contributed by atoms with van der Waals surface area (Å²) >= 11 is 12.2. The van der Waals surface area contributed by atoms with Crippen LogP contribution in [0, 0.1) is 6.92 Å². The Morgan fingerprint density at radius 1 is 0.967 bits per heavy atom. The van der Waals surface area contributed by atoms with Gasteiger partial charge in [0.2, 0.25) is 12.9 Å². The summed E-state index contributed by atoms with van der Waals surface area (Å²) in [5.41, 5.74) is 2.46. The zero-order valence-electron chi connectivity index (χ0n) is 16.0. The van der Waals surface area contributed by atoms with Crippen molar-refractivity contribution in [2.45, 2.75) is 19.1 Å². The molecule has 0 saturated carbocycles. The van der Waals surface area contributed by atoms with E-state index in [9.17, 15) is 4.79 Å². The van der Waals surface area contributed by atoms with Crippen LogP contribution in [0.15, 0.2) is 60.7 Å². The lowest BCUT2D eigenvalue weighted by Gasteiger charge is -2.46. The maximum absolute atomic E-state index is 13.1. The van der Waals surface area contributed by atoms with Gasteiger partial charge in [-0.1, -0.05) is 35.3 Å². The van der Waals surface area contributed by atoms with E-state index in [-0.39, 0.29) is 18.7 Å². The number of carbonyl (C=O) groups excluding carboxylic acids is 1. The number of β-lactam (4-membered cyclic amide) rings is 1. The van der Waals surface area contributed by atoms with Gasteiger partial charge in [-0.05, 0) is 66.6 Å². The van der Waals surface area contributed by atoms with Crippen molar-refractivity contribution < 1.29 is 19.0 Å². The zero-order chi connectivity index (χ0) is 20.8. The van der Waals surface area contributed by atoms with Crippen LogP contribution >= 0.6 is 23.2 Å². The molecule has 2 heterocycles. The number of halogens is 2. The van der Waals surface area contributed by atoms with E-state index in [2.05, 4.69) is 0 Å². The quantitative estimate of drug-likeness (QED) is 0.496. The second-order valence-electron chi connectivity index (χ2n) is 7.19. The number of nitrogens with zero attached hydrogens (tertiary/aromatic N) is 1. The number of anilines is 1. The lowest BCUT2D eigenvalue weighted by atomic mass is 9.89. The van der Waals surface area contributed by atoms with Gasteiger partial charge in [-0.3, -0.25) is 9.69 Å². The van der Waals surface area contributed by atoms with Gasteiger partial charge in [0.15, 0.2) is 11.5 Å². The van der Waals surface area contributed by atoms with Crippen LogP contribution in [0.1, 0.15) is 17.2 Å². The topological polar surface area (TPSA) is 48.0 Å². The third-order valence-electron chi connectivity index (χ3n) is 5.26. The van der Waals surface area contributed by atoms with E-state index >= 15 is 0 Å². The summed E-state index contributed by atoms with van der Waals surface area (Å²) in [4.78, 5) is 14.8. The number of hydrogen-bond acceptors (Lipinski definition) is 4. The average molecular weight is 442 g/mol. The summed E-state index contributed by atoms with van der Waals surface area (Å²) in [6, 6.07) is 17.9. The summed E-state index contributed by atoms with van der Waals surface area (Å²) in [6.45, 7) is 2.08. The molecule has 0 unspecified atom stereocenters. The zero-order valence-corrected chi connectivity index (χ0v) is 17.5. The second-order valence-corrected chi connectivity index (χ2v) is 8.07. The Bertz CT molecular complexity index is 1150. The van der Waals surface area contributed by atoms with Crippen molar-refractivity contribution >= 4 is 34.8 Å². The number of benzene rings is 3. The molecule has 1 fully saturated rings. The van der Waals surface area contributed by atoms with Crippen molar-refractivity contribution in [1.29, 1.82) is 0 Å². The molecule has 2 aliphatic rings. The molecule has 30 heavy (non-hydrogen) atoms. The number of aryl methyl sites for hydroxylation is 1. The normalized spacial score (nSPS) is 19.6. The molecule has 3 aromatic rings. The van der Waals surface area contributed by atoms with Gasteiger partial charge in [0.05, 0.1) is 0 Å². The maximum Gasteiger partial charge on any atom is 0.271 e. The Labute approximate surface area is 183 Å². The standard InChI is InChI=1S/C23H17Cl2NO4/c1-13-9-16(25)6-8-18(13)30-22-21(14-5-7-19-20(10-14)29-12-28-19)26(23(22)27)17-4-2-3-15(24)11-17/h2-11,21-22H,12H2,1H3/t21-,22-/m1/s1. The number of rotatable bonds is 4. The predicted octanol–water partition coefficient (Wildman–Crippen LogP) is 5.57. The number of amides is 1. The first-order valence-electron chi connectivity index (χ1n) is 9.42. The maximum atomic E-state index is 13.1. The smallest absolute Gasteiger partial charge is 0.271 e. The van der Waals surface area contributed by atoms with E-state index in [1.54, 1.807) is 29.2 Å². The molecule has 152 valence electrons. The molecule has 0 bridgehead atoms. The van der Waals surface area contributed by atoms with Crippen LogP contribution < -0.4 is 19.1 Å². The first kappa shape index (κ1) is 19.1. The highest BCUT2D eigenvalue weighted by atomic mass is 35.5. The SMILES string of the molecule is Cc1cc(Cl)ccc1O[C@H]1C(=O)N(c2cccc(Cl)c2)[C@@H]1c1ccc2c(c1)OCO2. The Balaban J connectivity index is 1.53. The molecule has 7 heteroatoms. The van der Waals surface area contributed by atoms with Crippen molar-refractivity contribution in [1.82, 2.24) is 0 Å². The van der Waals surface area contributed by atoms with E-state index in [1.807, 2.05) is 43.3 Å². The fourth-order valence-corrected chi connectivity index (χ4v) is 4.21. The van der Waals surface area contributed by atoms with Crippen LogP contribution in [0.4, 0.5) is 5.69 Å². The van der Waals surface area contributed by atoms with E-state index < -0.39 is 6.10 Å². The van der Waals surface area contributed by atoms with Crippen LogP contribution in [-0.2, 0) is 4.79 Å². The molecule has 2 atom stereocenters. The lowest BCUT2D eigenvalue weighted by molar-refractivity contribution is -0.135. The van der Waals surface area contributed by atoms with Crippen LogP contribution in [0.3, 0.4) is 0 Å². The van der Waals surface area contributed by atoms with Gasteiger partial charge in [-0.25, -0.2) is 0 Å². The third-order valence-corrected chi connectivity index (χ3v) is 5.73. The van der Waals surface area contributed by atoms with Gasteiger partial charge in [0.1, 0.15) is 11.8 Å². The number of fused-ring (bicyclic) bond motifs is 1. The minimum absolute atomic E-state index is 0.144. The summed E-state index contributed by atoms with van der Waals surface area (Å²) in [5.74, 6) is 1.81. The van der Waals surface area contributed by atoms with Crippen molar-refractivity contribution in [3.8, 4) is 17.2 Å². The molecular formula is C23H17Cl2NO4. The lowest BCUT2D eigenvalue weighted by Crippen LogP contribution is -2.61. The Kier molecular flexibility index (Phi) is 4.72. The molecule has 1 amide bonds. The molecule has 2 aliphatic heterocycles. The van der Waals surface area contributed by atoms with E-state index in [4.69, 9.17) is 37.4 Å². The first-order valence-corrected chi connectivity index (χ1v) is 10.2. The minimum Gasteiger partial charge on any atom is -0.478 e. The van der Waals surface area contributed by atoms with Gasteiger partial charge in [0.25, 0.3) is 5.91 Å². The number of carbonyl (C=O) groups is 1. The third kappa shape index (κ3) is 3.24. The Hall–Kier alpha value is -2.89. The molecule has 0 aromatic heterocycles. The highest BCUT2D eigenvalue weighted by Gasteiger charge is 2.51. The van der Waals surface area contributed by atoms with Gasteiger partial charge in [-0.15, -0.1) is 0 Å². The molecule has 3 aromatic carbocycles. The molecule has 1 saturated heterocycles. The molecule has 5 rings (SSSR count). The van der Waals surface area contributed by atoms with Crippen molar-refractivity contribution in [2.75, 3.05) is 11.7 Å². The fraction of sp³-hybridized carbons (Fsp3) is 0.174. The first-order chi connectivity index (χ1) is 14.5. The monoisotopic (exact) mass is 441 g/mol. The van der Waals surface area contributed by atoms with Gasteiger partial charge in [-0.2, -0.15) is 0 Å².